The number of halogens is 1. The van der Waals surface area contributed by atoms with Crippen LogP contribution in [0.5, 0.6) is 0 Å². The fourth-order valence-corrected chi connectivity index (χ4v) is 4.75. The monoisotopic (exact) mass is 376 g/mol. The Morgan fingerprint density at radius 2 is 1.96 bits per heavy atom. The first kappa shape index (κ1) is 18.5. The van der Waals surface area contributed by atoms with Crippen molar-refractivity contribution in [3.05, 3.63) is 59.4 Å². The normalized spacial score (nSPS) is 16.9. The van der Waals surface area contributed by atoms with Crippen molar-refractivity contribution in [2.45, 2.75) is 35.0 Å². The Morgan fingerprint density at radius 3 is 2.69 bits per heavy atom. The third-order valence-electron chi connectivity index (χ3n) is 4.66. The lowest BCUT2D eigenvalue weighted by Crippen LogP contribution is -2.32. The minimum absolute atomic E-state index is 0.0482. The second-order valence-electron chi connectivity index (χ2n) is 6.51. The molecule has 0 unspecified atom stereocenters. The molecular formula is C19H21FN2O3S. The Balaban J connectivity index is 1.87. The van der Waals surface area contributed by atoms with Crippen LogP contribution in [0.4, 0.5) is 4.39 Å². The van der Waals surface area contributed by atoms with Gasteiger partial charge in [0.1, 0.15) is 5.82 Å². The number of sulfone groups is 1. The van der Waals surface area contributed by atoms with E-state index in [0.29, 0.717) is 6.54 Å². The van der Waals surface area contributed by atoms with Crippen LogP contribution < -0.4 is 11.1 Å². The molecule has 2 aromatic carbocycles. The van der Waals surface area contributed by atoms with Crippen LogP contribution in [0, 0.1) is 5.82 Å². The Morgan fingerprint density at radius 1 is 1.19 bits per heavy atom. The molecule has 7 heteroatoms. The standard InChI is InChI=1S/C19H21FN2O3S/c20-15-5-2-6-16(10-15)26(24,25)17-7-8-18-13(9-17)3-1-4-14(18)11-22-12-19(21)23/h2,5-10,14,22H,1,3-4,11-12H2,(H2,21,23)/t14-/m0/s1. The van der Waals surface area contributed by atoms with E-state index in [4.69, 9.17) is 5.73 Å². The molecule has 0 bridgehead atoms. The van der Waals surface area contributed by atoms with Gasteiger partial charge in [-0.05, 0) is 66.6 Å². The van der Waals surface area contributed by atoms with E-state index in [1.54, 1.807) is 12.1 Å². The summed E-state index contributed by atoms with van der Waals surface area (Å²) < 4.78 is 38.9. The van der Waals surface area contributed by atoms with Gasteiger partial charge in [-0.25, -0.2) is 12.8 Å². The highest BCUT2D eigenvalue weighted by atomic mass is 32.2. The summed E-state index contributed by atoms with van der Waals surface area (Å²) in [6.45, 7) is 0.740. The number of nitrogens with two attached hydrogens (primary N) is 1. The number of benzene rings is 2. The minimum atomic E-state index is -3.76. The molecule has 0 aromatic heterocycles. The molecule has 1 aliphatic carbocycles. The van der Waals surface area contributed by atoms with Crippen LogP contribution in [-0.2, 0) is 21.1 Å². The van der Waals surface area contributed by atoms with Gasteiger partial charge >= 0.3 is 0 Å². The van der Waals surface area contributed by atoms with E-state index < -0.39 is 21.6 Å². The number of hydrogen-bond acceptors (Lipinski definition) is 4. The lowest BCUT2D eigenvalue weighted by Gasteiger charge is -2.26. The largest absolute Gasteiger partial charge is 0.369 e. The van der Waals surface area contributed by atoms with Gasteiger partial charge in [-0.15, -0.1) is 0 Å². The summed E-state index contributed by atoms with van der Waals surface area (Å²) >= 11 is 0. The number of aryl methyl sites for hydroxylation is 1. The van der Waals surface area contributed by atoms with Crippen molar-refractivity contribution >= 4 is 15.7 Å². The molecule has 26 heavy (non-hydrogen) atoms. The van der Waals surface area contributed by atoms with Crippen LogP contribution in [0.15, 0.2) is 52.3 Å². The van der Waals surface area contributed by atoms with Crippen molar-refractivity contribution in [3.8, 4) is 0 Å². The summed E-state index contributed by atoms with van der Waals surface area (Å²) in [5, 5.41) is 3.04. The number of amides is 1. The van der Waals surface area contributed by atoms with E-state index in [1.165, 1.54) is 18.2 Å². The zero-order valence-corrected chi connectivity index (χ0v) is 15.1. The first-order chi connectivity index (χ1) is 12.4. The Kier molecular flexibility index (Phi) is 5.38. The second-order valence-corrected chi connectivity index (χ2v) is 8.46. The molecule has 138 valence electrons. The number of fused-ring (bicyclic) bond motifs is 1. The van der Waals surface area contributed by atoms with E-state index in [-0.39, 0.29) is 22.3 Å². The molecule has 0 saturated carbocycles. The quantitative estimate of drug-likeness (QED) is 0.808. The van der Waals surface area contributed by atoms with E-state index in [2.05, 4.69) is 5.32 Å². The smallest absolute Gasteiger partial charge is 0.231 e. The second kappa shape index (κ2) is 7.55. The predicted molar refractivity (Wildman–Crippen MR) is 96.0 cm³/mol. The Labute approximate surface area is 152 Å². The molecule has 0 spiro atoms. The molecule has 0 radical (unpaired) electrons. The SMILES string of the molecule is NC(=O)CNC[C@@H]1CCCc2cc(S(=O)(=O)c3cccc(F)c3)ccc21. The van der Waals surface area contributed by atoms with E-state index in [1.807, 2.05) is 6.07 Å². The summed E-state index contributed by atoms with van der Waals surface area (Å²) in [4.78, 5) is 11.0. The highest BCUT2D eigenvalue weighted by Crippen LogP contribution is 2.33. The number of rotatable bonds is 6. The van der Waals surface area contributed by atoms with Crippen molar-refractivity contribution in [1.82, 2.24) is 5.32 Å². The third kappa shape index (κ3) is 3.94. The molecular weight excluding hydrogens is 355 g/mol. The molecule has 3 N–H and O–H groups in total. The summed E-state index contributed by atoms with van der Waals surface area (Å²) in [6.07, 6.45) is 2.71. The van der Waals surface area contributed by atoms with Crippen LogP contribution >= 0.6 is 0 Å². The van der Waals surface area contributed by atoms with Gasteiger partial charge in [0, 0.05) is 6.54 Å². The van der Waals surface area contributed by atoms with E-state index in [0.717, 1.165) is 36.5 Å². The highest BCUT2D eigenvalue weighted by Gasteiger charge is 2.24. The van der Waals surface area contributed by atoms with Gasteiger partial charge in [0.25, 0.3) is 0 Å². The van der Waals surface area contributed by atoms with Crippen molar-refractivity contribution in [3.63, 3.8) is 0 Å². The number of carbonyl (C=O) groups is 1. The fourth-order valence-electron chi connectivity index (χ4n) is 3.41. The van der Waals surface area contributed by atoms with Crippen molar-refractivity contribution < 1.29 is 17.6 Å². The molecule has 0 aliphatic heterocycles. The van der Waals surface area contributed by atoms with Gasteiger partial charge in [-0.2, -0.15) is 0 Å². The van der Waals surface area contributed by atoms with Crippen LogP contribution in [0.3, 0.4) is 0 Å². The maximum absolute atomic E-state index is 13.4. The van der Waals surface area contributed by atoms with Crippen LogP contribution in [0.1, 0.15) is 29.9 Å². The molecule has 1 atom stereocenters. The average Bonchev–Trinajstić information content (AvgIpc) is 2.61. The zero-order valence-electron chi connectivity index (χ0n) is 14.2. The topological polar surface area (TPSA) is 89.3 Å². The molecule has 3 rings (SSSR count). The summed E-state index contributed by atoms with van der Waals surface area (Å²) in [7, 11) is -3.76. The first-order valence-electron chi connectivity index (χ1n) is 8.50. The number of primary amides is 1. The van der Waals surface area contributed by atoms with Crippen molar-refractivity contribution in [2.75, 3.05) is 13.1 Å². The maximum atomic E-state index is 13.4. The van der Waals surface area contributed by atoms with Crippen molar-refractivity contribution in [2.24, 2.45) is 5.73 Å². The van der Waals surface area contributed by atoms with Crippen LogP contribution in [0.2, 0.25) is 0 Å². The van der Waals surface area contributed by atoms with Gasteiger partial charge in [-0.1, -0.05) is 12.1 Å². The lowest BCUT2D eigenvalue weighted by molar-refractivity contribution is -0.117. The maximum Gasteiger partial charge on any atom is 0.231 e. The van der Waals surface area contributed by atoms with Crippen LogP contribution in [-0.4, -0.2) is 27.4 Å². The van der Waals surface area contributed by atoms with Crippen LogP contribution in [0.25, 0.3) is 0 Å². The number of nitrogens with one attached hydrogen (secondary N) is 1. The summed E-state index contributed by atoms with van der Waals surface area (Å²) in [5.41, 5.74) is 7.22. The molecule has 2 aromatic rings. The average molecular weight is 376 g/mol. The first-order valence-corrected chi connectivity index (χ1v) is 9.99. The number of carbonyl (C=O) groups excluding carboxylic acids is 1. The third-order valence-corrected chi connectivity index (χ3v) is 6.41. The molecule has 0 saturated heterocycles. The fraction of sp³-hybridized carbons (Fsp3) is 0.316. The highest BCUT2D eigenvalue weighted by molar-refractivity contribution is 7.91. The Hall–Kier alpha value is -2.25. The number of hydrogen-bond donors (Lipinski definition) is 2. The molecule has 0 heterocycles. The summed E-state index contributed by atoms with van der Waals surface area (Å²) in [6, 6.07) is 10.1. The zero-order chi connectivity index (χ0) is 18.7. The molecule has 0 fully saturated rings. The molecule has 1 aliphatic rings. The molecule has 5 nitrogen and oxygen atoms in total. The lowest BCUT2D eigenvalue weighted by atomic mass is 9.83. The van der Waals surface area contributed by atoms with Gasteiger partial charge in [0.05, 0.1) is 16.3 Å². The predicted octanol–water partition coefficient (Wildman–Crippen LogP) is 2.15. The van der Waals surface area contributed by atoms with E-state index in [9.17, 15) is 17.6 Å². The Bertz CT molecular complexity index is 928. The summed E-state index contributed by atoms with van der Waals surface area (Å²) in [5.74, 6) is -0.772. The van der Waals surface area contributed by atoms with E-state index >= 15 is 0 Å². The van der Waals surface area contributed by atoms with Gasteiger partial charge < -0.3 is 11.1 Å². The van der Waals surface area contributed by atoms with Gasteiger partial charge in [0.2, 0.25) is 15.7 Å². The minimum Gasteiger partial charge on any atom is -0.369 e. The van der Waals surface area contributed by atoms with Gasteiger partial charge in [0.15, 0.2) is 0 Å². The molecule has 1 amide bonds. The van der Waals surface area contributed by atoms with Gasteiger partial charge in [-0.3, -0.25) is 4.79 Å². The van der Waals surface area contributed by atoms with Crippen molar-refractivity contribution in [1.29, 1.82) is 0 Å².